The van der Waals surface area contributed by atoms with Crippen LogP contribution in [0.3, 0.4) is 0 Å². The van der Waals surface area contributed by atoms with Crippen LogP contribution in [0, 0.1) is 0 Å². The number of Topliss-reactive ketones (excluding diaryl/α,β-unsaturated/α-hetero) is 1. The van der Waals surface area contributed by atoms with Gasteiger partial charge < -0.3 is 19.5 Å². The van der Waals surface area contributed by atoms with Gasteiger partial charge in [-0.25, -0.2) is 0 Å². The molecule has 2 unspecified atom stereocenters. The quantitative estimate of drug-likeness (QED) is 0.818. The second kappa shape index (κ2) is 8.22. The highest BCUT2D eigenvalue weighted by molar-refractivity contribution is 6.02. The van der Waals surface area contributed by atoms with Gasteiger partial charge in [-0.1, -0.05) is 12.1 Å². The van der Waals surface area contributed by atoms with Gasteiger partial charge in [0.2, 0.25) is 5.91 Å². The lowest BCUT2D eigenvalue weighted by Crippen LogP contribution is -2.38. The summed E-state index contributed by atoms with van der Waals surface area (Å²) in [6, 6.07) is 13.2. The van der Waals surface area contributed by atoms with E-state index in [0.717, 1.165) is 28.1 Å². The van der Waals surface area contributed by atoms with Crippen LogP contribution in [0.4, 0.5) is 0 Å². The first-order valence-corrected chi connectivity index (χ1v) is 9.96. The van der Waals surface area contributed by atoms with Crippen molar-refractivity contribution in [1.29, 1.82) is 0 Å². The standard InChI is InChI=1S/C24H25NO5/c1-28-16-6-4-14(5-7-16)19-13-23(27)25-20-10-15(11-21(26)24(19)20)18-12-17(29-2)8-9-22(18)30-3/h4-9,12,15,19H,10-11,13H2,1-3H3,(H,25,27). The highest BCUT2D eigenvalue weighted by Gasteiger charge is 2.38. The first-order chi connectivity index (χ1) is 14.5. The molecule has 0 radical (unpaired) electrons. The lowest BCUT2D eigenvalue weighted by Gasteiger charge is -2.35. The Kier molecular flexibility index (Phi) is 5.48. The van der Waals surface area contributed by atoms with Crippen molar-refractivity contribution in [3.63, 3.8) is 0 Å². The van der Waals surface area contributed by atoms with Crippen molar-refractivity contribution in [1.82, 2.24) is 5.32 Å². The van der Waals surface area contributed by atoms with Crippen LogP contribution in [0.25, 0.3) is 0 Å². The van der Waals surface area contributed by atoms with Crippen molar-refractivity contribution in [2.45, 2.75) is 31.1 Å². The number of allylic oxidation sites excluding steroid dienone is 2. The fourth-order valence-corrected chi connectivity index (χ4v) is 4.46. The molecule has 4 rings (SSSR count). The van der Waals surface area contributed by atoms with Gasteiger partial charge in [0, 0.05) is 41.5 Å². The zero-order valence-corrected chi connectivity index (χ0v) is 17.4. The minimum Gasteiger partial charge on any atom is -0.497 e. The molecule has 1 aliphatic carbocycles. The van der Waals surface area contributed by atoms with E-state index in [9.17, 15) is 9.59 Å². The molecule has 1 N–H and O–H groups in total. The molecular weight excluding hydrogens is 382 g/mol. The van der Waals surface area contributed by atoms with Crippen LogP contribution in [-0.2, 0) is 9.59 Å². The van der Waals surface area contributed by atoms with Gasteiger partial charge in [0.15, 0.2) is 5.78 Å². The van der Waals surface area contributed by atoms with Crippen molar-refractivity contribution in [3.8, 4) is 17.2 Å². The fraction of sp³-hybridized carbons (Fsp3) is 0.333. The summed E-state index contributed by atoms with van der Waals surface area (Å²) in [5.74, 6) is 1.84. The van der Waals surface area contributed by atoms with Crippen LogP contribution in [0.5, 0.6) is 17.2 Å². The van der Waals surface area contributed by atoms with Gasteiger partial charge in [0.1, 0.15) is 17.2 Å². The van der Waals surface area contributed by atoms with Crippen LogP contribution in [0.1, 0.15) is 42.2 Å². The van der Waals surface area contributed by atoms with Crippen LogP contribution in [-0.4, -0.2) is 33.0 Å². The number of carbonyl (C=O) groups is 2. The largest absolute Gasteiger partial charge is 0.497 e. The number of ether oxygens (including phenoxy) is 3. The van der Waals surface area contributed by atoms with Gasteiger partial charge >= 0.3 is 0 Å². The van der Waals surface area contributed by atoms with E-state index in [2.05, 4.69) is 5.32 Å². The molecule has 1 amide bonds. The number of amides is 1. The Balaban J connectivity index is 1.71. The third kappa shape index (κ3) is 3.65. The summed E-state index contributed by atoms with van der Waals surface area (Å²) in [6.45, 7) is 0. The number of nitrogens with one attached hydrogen (secondary N) is 1. The van der Waals surface area contributed by atoms with Gasteiger partial charge in [-0.15, -0.1) is 0 Å². The molecule has 0 aromatic heterocycles. The smallest absolute Gasteiger partial charge is 0.225 e. The molecule has 2 aliphatic rings. The van der Waals surface area contributed by atoms with Crippen molar-refractivity contribution in [2.75, 3.05) is 21.3 Å². The maximum atomic E-state index is 13.3. The number of carbonyl (C=O) groups excluding carboxylic acids is 2. The first-order valence-electron chi connectivity index (χ1n) is 9.96. The van der Waals surface area contributed by atoms with E-state index in [1.807, 2.05) is 42.5 Å². The fourth-order valence-electron chi connectivity index (χ4n) is 4.46. The summed E-state index contributed by atoms with van der Waals surface area (Å²) < 4.78 is 16.1. The summed E-state index contributed by atoms with van der Waals surface area (Å²) in [6.07, 6.45) is 1.21. The van der Waals surface area contributed by atoms with Gasteiger partial charge in [0.25, 0.3) is 0 Å². The van der Waals surface area contributed by atoms with Crippen LogP contribution in [0.2, 0.25) is 0 Å². The van der Waals surface area contributed by atoms with E-state index in [-0.39, 0.29) is 29.9 Å². The number of ketones is 1. The number of hydrogen-bond donors (Lipinski definition) is 1. The van der Waals surface area contributed by atoms with Crippen molar-refractivity contribution in [3.05, 3.63) is 64.9 Å². The Morgan fingerprint density at radius 2 is 1.53 bits per heavy atom. The highest BCUT2D eigenvalue weighted by Crippen LogP contribution is 2.45. The van der Waals surface area contributed by atoms with E-state index in [4.69, 9.17) is 14.2 Å². The minimum absolute atomic E-state index is 0.0620. The van der Waals surface area contributed by atoms with Crippen molar-refractivity contribution < 1.29 is 23.8 Å². The number of methoxy groups -OCH3 is 3. The second-order valence-corrected chi connectivity index (χ2v) is 7.61. The lowest BCUT2D eigenvalue weighted by molar-refractivity contribution is -0.122. The molecule has 156 valence electrons. The van der Waals surface area contributed by atoms with E-state index in [1.54, 1.807) is 21.3 Å². The monoisotopic (exact) mass is 407 g/mol. The van der Waals surface area contributed by atoms with Gasteiger partial charge in [-0.2, -0.15) is 0 Å². The van der Waals surface area contributed by atoms with Gasteiger partial charge in [0.05, 0.1) is 21.3 Å². The molecule has 2 aromatic rings. The van der Waals surface area contributed by atoms with E-state index >= 15 is 0 Å². The second-order valence-electron chi connectivity index (χ2n) is 7.61. The predicted octanol–water partition coefficient (Wildman–Crippen LogP) is 3.72. The Morgan fingerprint density at radius 3 is 2.20 bits per heavy atom. The molecule has 0 spiro atoms. The molecule has 2 aromatic carbocycles. The lowest BCUT2D eigenvalue weighted by atomic mass is 9.73. The SMILES string of the molecule is COc1ccc(C2CC(=O)NC3=C2C(=O)CC(c2cc(OC)ccc2OC)C3)cc1. The molecule has 1 aliphatic heterocycles. The Labute approximate surface area is 175 Å². The first kappa shape index (κ1) is 20.0. The molecule has 0 fully saturated rings. The molecule has 6 nitrogen and oxygen atoms in total. The minimum atomic E-state index is -0.236. The third-order valence-electron chi connectivity index (χ3n) is 5.93. The zero-order valence-electron chi connectivity index (χ0n) is 17.4. The average Bonchev–Trinajstić information content (AvgIpc) is 2.77. The summed E-state index contributed by atoms with van der Waals surface area (Å²) >= 11 is 0. The van der Waals surface area contributed by atoms with Crippen molar-refractivity contribution >= 4 is 11.7 Å². The molecule has 0 bridgehead atoms. The molecule has 2 atom stereocenters. The molecule has 1 heterocycles. The maximum absolute atomic E-state index is 13.3. The summed E-state index contributed by atoms with van der Waals surface area (Å²) in [5, 5.41) is 2.96. The van der Waals surface area contributed by atoms with Crippen molar-refractivity contribution in [2.24, 2.45) is 0 Å². The molecule has 0 saturated heterocycles. The van der Waals surface area contributed by atoms with E-state index in [1.165, 1.54) is 0 Å². The summed E-state index contributed by atoms with van der Waals surface area (Å²) in [5.41, 5.74) is 3.30. The topological polar surface area (TPSA) is 73.9 Å². The van der Waals surface area contributed by atoms with Crippen LogP contribution < -0.4 is 19.5 Å². The molecule has 30 heavy (non-hydrogen) atoms. The Hall–Kier alpha value is -3.28. The van der Waals surface area contributed by atoms with E-state index < -0.39 is 0 Å². The summed E-state index contributed by atoms with van der Waals surface area (Å²) in [7, 11) is 4.84. The molecular formula is C24H25NO5. The maximum Gasteiger partial charge on any atom is 0.225 e. The third-order valence-corrected chi connectivity index (χ3v) is 5.93. The van der Waals surface area contributed by atoms with Crippen LogP contribution in [0.15, 0.2) is 53.7 Å². The molecule has 0 saturated carbocycles. The predicted molar refractivity (Wildman–Crippen MR) is 112 cm³/mol. The average molecular weight is 407 g/mol. The van der Waals surface area contributed by atoms with Gasteiger partial charge in [-0.3, -0.25) is 9.59 Å². The van der Waals surface area contributed by atoms with Crippen LogP contribution >= 0.6 is 0 Å². The van der Waals surface area contributed by atoms with E-state index in [0.29, 0.717) is 24.3 Å². The number of hydrogen-bond acceptors (Lipinski definition) is 5. The highest BCUT2D eigenvalue weighted by atomic mass is 16.5. The van der Waals surface area contributed by atoms with Gasteiger partial charge in [-0.05, 0) is 42.3 Å². The summed E-state index contributed by atoms with van der Waals surface area (Å²) in [4.78, 5) is 25.7. The molecule has 6 heteroatoms. The number of benzene rings is 2. The Morgan fingerprint density at radius 1 is 0.833 bits per heavy atom. The normalized spacial score (nSPS) is 21.0. The Bertz CT molecular complexity index is 1010. The number of rotatable bonds is 5. The zero-order chi connectivity index (χ0) is 21.3.